The predicted molar refractivity (Wildman–Crippen MR) is 93.4 cm³/mol. The Morgan fingerprint density at radius 3 is 2.36 bits per heavy atom. The maximum Gasteiger partial charge on any atom is 0.229 e. The van der Waals surface area contributed by atoms with E-state index in [9.17, 15) is 9.59 Å². The Balaban J connectivity index is 0.00000441. The fourth-order valence-corrected chi connectivity index (χ4v) is 1.63. The number of nitrogens with one attached hydrogen (secondary N) is 2. The van der Waals surface area contributed by atoms with Gasteiger partial charge in [0.15, 0.2) is 0 Å². The minimum Gasteiger partial charge on any atom is -0.330 e. The number of hydrogen-bond acceptors (Lipinski definition) is 3. The molecule has 0 saturated carbocycles. The topological polar surface area (TPSA) is 84.2 Å². The highest BCUT2D eigenvalue weighted by atomic mass is 35.5. The molecule has 0 saturated heterocycles. The van der Waals surface area contributed by atoms with Gasteiger partial charge in [0.25, 0.3) is 0 Å². The fourth-order valence-electron chi connectivity index (χ4n) is 1.63. The largest absolute Gasteiger partial charge is 0.330 e. The van der Waals surface area contributed by atoms with E-state index in [0.29, 0.717) is 30.8 Å². The molecule has 124 valence electrons. The summed E-state index contributed by atoms with van der Waals surface area (Å²) in [5, 5.41) is 5.71. The van der Waals surface area contributed by atoms with Crippen molar-refractivity contribution >= 4 is 35.6 Å². The van der Waals surface area contributed by atoms with Crippen LogP contribution in [0, 0.1) is 12.3 Å². The van der Waals surface area contributed by atoms with Crippen molar-refractivity contribution in [3.63, 3.8) is 0 Å². The van der Waals surface area contributed by atoms with Crippen molar-refractivity contribution < 1.29 is 9.59 Å². The molecule has 0 fully saturated rings. The summed E-state index contributed by atoms with van der Waals surface area (Å²) in [6.45, 7) is 7.96. The molecule has 0 aliphatic heterocycles. The number of carbonyl (C=O) groups is 2. The molecule has 5 nitrogen and oxygen atoms in total. The average molecular weight is 328 g/mol. The van der Waals surface area contributed by atoms with E-state index in [1.165, 1.54) is 0 Å². The van der Waals surface area contributed by atoms with E-state index in [1.54, 1.807) is 6.07 Å². The summed E-state index contributed by atoms with van der Waals surface area (Å²) in [7, 11) is 0. The maximum absolute atomic E-state index is 12.0. The molecule has 0 aromatic heterocycles. The summed E-state index contributed by atoms with van der Waals surface area (Å²) in [6, 6.07) is 5.48. The zero-order chi connectivity index (χ0) is 16.0. The molecule has 1 aromatic rings. The lowest BCUT2D eigenvalue weighted by atomic mass is 9.95. The first kappa shape index (κ1) is 20.4. The molecule has 4 N–H and O–H groups in total. The Kier molecular flexibility index (Phi) is 8.12. The van der Waals surface area contributed by atoms with Gasteiger partial charge in [-0.25, -0.2) is 0 Å². The quantitative estimate of drug-likeness (QED) is 0.777. The van der Waals surface area contributed by atoms with Crippen molar-refractivity contribution in [1.29, 1.82) is 0 Å². The van der Waals surface area contributed by atoms with E-state index >= 15 is 0 Å². The van der Waals surface area contributed by atoms with Crippen molar-refractivity contribution in [2.24, 2.45) is 11.1 Å². The first-order valence-corrected chi connectivity index (χ1v) is 7.16. The molecule has 22 heavy (non-hydrogen) atoms. The number of carbonyl (C=O) groups excluding carboxylic acids is 2. The van der Waals surface area contributed by atoms with Gasteiger partial charge in [-0.3, -0.25) is 9.59 Å². The second-order valence-electron chi connectivity index (χ2n) is 6.17. The van der Waals surface area contributed by atoms with Crippen LogP contribution in [0.3, 0.4) is 0 Å². The van der Waals surface area contributed by atoms with Crippen molar-refractivity contribution in [3.05, 3.63) is 23.8 Å². The molecule has 0 aliphatic carbocycles. The first-order valence-electron chi connectivity index (χ1n) is 7.16. The van der Waals surface area contributed by atoms with Crippen LogP contribution < -0.4 is 16.4 Å². The van der Waals surface area contributed by atoms with Gasteiger partial charge in [0.05, 0.1) is 0 Å². The number of benzene rings is 1. The smallest absolute Gasteiger partial charge is 0.229 e. The summed E-state index contributed by atoms with van der Waals surface area (Å²) < 4.78 is 0. The molecule has 1 rings (SSSR count). The van der Waals surface area contributed by atoms with E-state index < -0.39 is 5.41 Å². The lowest BCUT2D eigenvalue weighted by Gasteiger charge is -2.18. The lowest BCUT2D eigenvalue weighted by Crippen LogP contribution is -2.27. The fraction of sp³-hybridized carbons (Fsp3) is 0.500. The molecular weight excluding hydrogens is 302 g/mol. The van der Waals surface area contributed by atoms with Gasteiger partial charge in [0.1, 0.15) is 0 Å². The number of aryl methyl sites for hydroxylation is 1. The van der Waals surface area contributed by atoms with E-state index in [1.807, 2.05) is 39.8 Å². The van der Waals surface area contributed by atoms with Crippen LogP contribution in [0.1, 0.15) is 39.2 Å². The highest BCUT2D eigenvalue weighted by molar-refractivity contribution is 5.96. The Hall–Kier alpha value is -1.59. The minimum absolute atomic E-state index is 0. The molecule has 2 amide bonds. The van der Waals surface area contributed by atoms with E-state index in [4.69, 9.17) is 5.73 Å². The van der Waals surface area contributed by atoms with Crippen molar-refractivity contribution in [2.75, 3.05) is 17.2 Å². The monoisotopic (exact) mass is 327 g/mol. The van der Waals surface area contributed by atoms with Gasteiger partial charge in [0.2, 0.25) is 11.8 Å². The predicted octanol–water partition coefficient (Wildman–Crippen LogP) is 3.08. The van der Waals surface area contributed by atoms with Crippen LogP contribution in [-0.4, -0.2) is 18.4 Å². The molecule has 0 aliphatic rings. The molecule has 0 atom stereocenters. The maximum atomic E-state index is 12.0. The molecule has 6 heteroatoms. The molecule has 0 heterocycles. The van der Waals surface area contributed by atoms with Crippen LogP contribution in [0.4, 0.5) is 11.4 Å². The van der Waals surface area contributed by atoms with E-state index in [2.05, 4.69) is 10.6 Å². The van der Waals surface area contributed by atoms with Crippen LogP contribution in [0.2, 0.25) is 0 Å². The third-order valence-corrected chi connectivity index (χ3v) is 3.06. The third-order valence-electron chi connectivity index (χ3n) is 3.06. The molecular formula is C16H26ClN3O2. The SMILES string of the molecule is Cc1ccc(NC(=O)C(C)(C)C)cc1NC(=O)CCCN.Cl. The highest BCUT2D eigenvalue weighted by Gasteiger charge is 2.21. The Labute approximate surface area is 138 Å². The standard InChI is InChI=1S/C16H25N3O2.ClH/c1-11-7-8-12(18-15(21)16(2,3)4)10-13(11)19-14(20)6-5-9-17;/h7-8,10H,5-6,9,17H2,1-4H3,(H,18,21)(H,19,20);1H. The van der Waals surface area contributed by atoms with Gasteiger partial charge >= 0.3 is 0 Å². The van der Waals surface area contributed by atoms with Crippen molar-refractivity contribution in [2.45, 2.75) is 40.5 Å². The zero-order valence-electron chi connectivity index (χ0n) is 13.7. The molecule has 0 bridgehead atoms. The van der Waals surface area contributed by atoms with E-state index in [0.717, 1.165) is 5.56 Å². The minimum atomic E-state index is -0.463. The molecule has 0 radical (unpaired) electrons. The van der Waals surface area contributed by atoms with Crippen LogP contribution in [0.25, 0.3) is 0 Å². The Morgan fingerprint density at radius 2 is 1.82 bits per heavy atom. The Morgan fingerprint density at radius 1 is 1.18 bits per heavy atom. The molecule has 0 spiro atoms. The summed E-state index contributed by atoms with van der Waals surface area (Å²) >= 11 is 0. The van der Waals surface area contributed by atoms with Crippen molar-refractivity contribution in [3.8, 4) is 0 Å². The lowest BCUT2D eigenvalue weighted by molar-refractivity contribution is -0.123. The number of halogens is 1. The van der Waals surface area contributed by atoms with E-state index in [-0.39, 0.29) is 24.2 Å². The normalized spacial score (nSPS) is 10.6. The van der Waals surface area contributed by atoms with Gasteiger partial charge in [-0.1, -0.05) is 26.8 Å². The first-order chi connectivity index (χ1) is 9.74. The summed E-state index contributed by atoms with van der Waals surface area (Å²) in [5.74, 6) is -0.130. The number of hydrogen-bond donors (Lipinski definition) is 3. The Bertz CT molecular complexity index is 525. The second-order valence-corrected chi connectivity index (χ2v) is 6.17. The van der Waals surface area contributed by atoms with Crippen LogP contribution in [-0.2, 0) is 9.59 Å². The number of anilines is 2. The number of rotatable bonds is 5. The van der Waals surface area contributed by atoms with Gasteiger partial charge in [-0.15, -0.1) is 12.4 Å². The number of nitrogens with two attached hydrogens (primary N) is 1. The van der Waals surface area contributed by atoms with Gasteiger partial charge < -0.3 is 16.4 Å². The molecule has 1 aromatic carbocycles. The van der Waals surface area contributed by atoms with Crippen molar-refractivity contribution in [1.82, 2.24) is 0 Å². The second kappa shape index (κ2) is 8.76. The summed E-state index contributed by atoms with van der Waals surface area (Å²) in [5.41, 5.74) is 7.27. The summed E-state index contributed by atoms with van der Waals surface area (Å²) in [4.78, 5) is 23.7. The zero-order valence-corrected chi connectivity index (χ0v) is 14.5. The van der Waals surface area contributed by atoms with Gasteiger partial charge in [-0.05, 0) is 37.6 Å². The summed E-state index contributed by atoms with van der Waals surface area (Å²) in [6.07, 6.45) is 1.06. The average Bonchev–Trinajstić information content (AvgIpc) is 2.39. The van der Waals surface area contributed by atoms with Gasteiger partial charge in [-0.2, -0.15) is 0 Å². The highest BCUT2D eigenvalue weighted by Crippen LogP contribution is 2.23. The van der Waals surface area contributed by atoms with Crippen LogP contribution in [0.5, 0.6) is 0 Å². The molecule has 0 unspecified atom stereocenters. The number of amides is 2. The van der Waals surface area contributed by atoms with Crippen LogP contribution in [0.15, 0.2) is 18.2 Å². The van der Waals surface area contributed by atoms with Gasteiger partial charge in [0, 0.05) is 23.2 Å². The van der Waals surface area contributed by atoms with Crippen LogP contribution >= 0.6 is 12.4 Å². The third kappa shape index (κ3) is 6.45.